The van der Waals surface area contributed by atoms with E-state index in [0.717, 1.165) is 5.56 Å². The van der Waals surface area contributed by atoms with Gasteiger partial charge in [0.25, 0.3) is 0 Å². The summed E-state index contributed by atoms with van der Waals surface area (Å²) in [6, 6.07) is 20.0. The molecule has 218 valence electrons. The molecule has 0 aromatic heterocycles. The van der Waals surface area contributed by atoms with E-state index in [9.17, 15) is 13.5 Å². The zero-order chi connectivity index (χ0) is 28.8. The molecule has 0 bridgehead atoms. The second kappa shape index (κ2) is 16.1. The van der Waals surface area contributed by atoms with Gasteiger partial charge in [-0.25, -0.2) is 13.1 Å². The first kappa shape index (κ1) is 31.2. The first-order valence-electron chi connectivity index (χ1n) is 13.5. The van der Waals surface area contributed by atoms with Crippen LogP contribution in [0.5, 0.6) is 23.0 Å². The van der Waals surface area contributed by atoms with Crippen LogP contribution in [0.25, 0.3) is 0 Å². The van der Waals surface area contributed by atoms with Gasteiger partial charge in [-0.2, -0.15) is 0 Å². The number of rotatable bonds is 18. The van der Waals surface area contributed by atoms with Crippen LogP contribution < -0.4 is 29.0 Å². The van der Waals surface area contributed by atoms with E-state index < -0.39 is 10.0 Å². The Morgan fingerprint density at radius 3 is 1.82 bits per heavy atom. The summed E-state index contributed by atoms with van der Waals surface area (Å²) in [4.78, 5) is 0.0604. The largest absolute Gasteiger partial charge is 0.490 e. The fourth-order valence-corrected chi connectivity index (χ4v) is 5.39. The van der Waals surface area contributed by atoms with Crippen LogP contribution in [-0.4, -0.2) is 59.1 Å². The van der Waals surface area contributed by atoms with E-state index in [1.807, 2.05) is 63.2 Å². The van der Waals surface area contributed by atoms with Crippen molar-refractivity contribution in [1.29, 1.82) is 0 Å². The Kier molecular flexibility index (Phi) is 12.5. The molecule has 0 aliphatic rings. The van der Waals surface area contributed by atoms with Gasteiger partial charge in [-0.1, -0.05) is 36.4 Å². The Bertz CT molecular complexity index is 1300. The van der Waals surface area contributed by atoms with E-state index >= 15 is 0 Å². The van der Waals surface area contributed by atoms with E-state index in [1.165, 1.54) is 0 Å². The fraction of sp³-hybridized carbons (Fsp3) is 0.400. The quantitative estimate of drug-likeness (QED) is 0.197. The molecule has 0 amide bonds. The number of hydrogen-bond acceptors (Lipinski definition) is 8. The van der Waals surface area contributed by atoms with Crippen LogP contribution in [0.1, 0.15) is 31.9 Å². The standard InChI is InChI=1S/C30H40N2O7S/c1-4-36-26-10-6-8-12-28(26)38-18-16-31-23(3)20-24-14-15-25(22-33)30(21-24)40(34,35)32-17-19-39-29-13-9-7-11-27(29)37-5-2/h6-15,21,23,31-33H,4-5,16-20,22H2,1-3H3/t23-/m1/s1. The van der Waals surface area contributed by atoms with Gasteiger partial charge in [-0.3, -0.25) is 0 Å². The highest BCUT2D eigenvalue weighted by atomic mass is 32.2. The van der Waals surface area contributed by atoms with E-state index in [-0.39, 0.29) is 30.7 Å². The second-order valence-corrected chi connectivity index (χ2v) is 10.7. The van der Waals surface area contributed by atoms with Gasteiger partial charge < -0.3 is 29.4 Å². The summed E-state index contributed by atoms with van der Waals surface area (Å²) in [5.41, 5.74) is 1.17. The molecule has 0 fully saturated rings. The molecule has 0 saturated heterocycles. The molecule has 0 aliphatic carbocycles. The van der Waals surface area contributed by atoms with Crippen molar-refractivity contribution in [2.45, 2.75) is 44.7 Å². The number of aliphatic hydroxyl groups excluding tert-OH is 1. The lowest BCUT2D eigenvalue weighted by Gasteiger charge is -2.17. The third-order valence-corrected chi connectivity index (χ3v) is 7.48. The summed E-state index contributed by atoms with van der Waals surface area (Å²) >= 11 is 0. The lowest BCUT2D eigenvalue weighted by molar-refractivity contribution is 0.272. The van der Waals surface area contributed by atoms with Crippen LogP contribution in [0.3, 0.4) is 0 Å². The van der Waals surface area contributed by atoms with E-state index in [1.54, 1.807) is 24.3 Å². The van der Waals surface area contributed by atoms with Gasteiger partial charge in [0, 0.05) is 19.1 Å². The Hall–Kier alpha value is -3.31. The van der Waals surface area contributed by atoms with Gasteiger partial charge in [-0.05, 0) is 68.7 Å². The fourth-order valence-electron chi connectivity index (χ4n) is 4.10. The Morgan fingerprint density at radius 2 is 1.30 bits per heavy atom. The summed E-state index contributed by atoms with van der Waals surface area (Å²) in [5.74, 6) is 2.57. The van der Waals surface area contributed by atoms with Gasteiger partial charge in [0.2, 0.25) is 10.0 Å². The first-order valence-corrected chi connectivity index (χ1v) is 15.0. The van der Waals surface area contributed by atoms with Gasteiger partial charge in [0.1, 0.15) is 13.2 Å². The molecule has 9 nitrogen and oxygen atoms in total. The molecule has 40 heavy (non-hydrogen) atoms. The molecule has 3 rings (SSSR count). The van der Waals surface area contributed by atoms with E-state index in [4.69, 9.17) is 18.9 Å². The van der Waals surface area contributed by atoms with Crippen LogP contribution >= 0.6 is 0 Å². The average Bonchev–Trinajstić information content (AvgIpc) is 2.95. The van der Waals surface area contributed by atoms with Gasteiger partial charge in [0.15, 0.2) is 23.0 Å². The van der Waals surface area contributed by atoms with Gasteiger partial charge in [0.05, 0.1) is 24.7 Å². The van der Waals surface area contributed by atoms with Gasteiger partial charge >= 0.3 is 0 Å². The third kappa shape index (κ3) is 9.41. The Balaban J connectivity index is 1.52. The van der Waals surface area contributed by atoms with Crippen molar-refractivity contribution < 1.29 is 32.5 Å². The highest BCUT2D eigenvalue weighted by Crippen LogP contribution is 2.27. The SMILES string of the molecule is CCOc1ccccc1OCCN[C@H](C)Cc1ccc(CO)c(S(=O)(=O)NCCOc2ccccc2OCC)c1. The van der Waals surface area contributed by atoms with Crippen molar-refractivity contribution >= 4 is 10.0 Å². The molecule has 0 heterocycles. The van der Waals surface area contributed by atoms with Crippen LogP contribution in [0.4, 0.5) is 0 Å². The number of benzene rings is 3. The summed E-state index contributed by atoms with van der Waals surface area (Å²) in [6.45, 7) is 7.76. The molecule has 3 aromatic carbocycles. The molecule has 3 aromatic rings. The molecule has 0 radical (unpaired) electrons. The van der Waals surface area contributed by atoms with Crippen molar-refractivity contribution in [3.8, 4) is 23.0 Å². The topological polar surface area (TPSA) is 115 Å². The zero-order valence-corrected chi connectivity index (χ0v) is 24.2. The molecule has 1 atom stereocenters. The summed E-state index contributed by atoms with van der Waals surface area (Å²) in [6.07, 6.45) is 0.598. The highest BCUT2D eigenvalue weighted by Gasteiger charge is 2.19. The van der Waals surface area contributed by atoms with Crippen molar-refractivity contribution in [3.05, 3.63) is 77.9 Å². The average molecular weight is 573 g/mol. The van der Waals surface area contributed by atoms with Crippen molar-refractivity contribution in [3.63, 3.8) is 0 Å². The zero-order valence-electron chi connectivity index (χ0n) is 23.4. The number of sulfonamides is 1. The Morgan fingerprint density at radius 1 is 0.775 bits per heavy atom. The predicted molar refractivity (Wildman–Crippen MR) is 155 cm³/mol. The number of ether oxygens (including phenoxy) is 4. The molecule has 0 saturated carbocycles. The predicted octanol–water partition coefficient (Wildman–Crippen LogP) is 3.93. The monoisotopic (exact) mass is 572 g/mol. The molecule has 3 N–H and O–H groups in total. The Labute approximate surface area is 237 Å². The smallest absolute Gasteiger partial charge is 0.241 e. The molecule has 0 aliphatic heterocycles. The maximum atomic E-state index is 13.1. The molecule has 0 spiro atoms. The van der Waals surface area contributed by atoms with E-state index in [0.29, 0.717) is 61.3 Å². The molecule has 0 unspecified atom stereocenters. The summed E-state index contributed by atoms with van der Waals surface area (Å²) in [7, 11) is -3.87. The van der Waals surface area contributed by atoms with Crippen molar-refractivity contribution in [1.82, 2.24) is 10.0 Å². The van der Waals surface area contributed by atoms with Crippen molar-refractivity contribution in [2.75, 3.05) is 39.5 Å². The summed E-state index contributed by atoms with van der Waals surface area (Å²) in [5, 5.41) is 13.2. The number of para-hydroxylation sites is 4. The highest BCUT2D eigenvalue weighted by molar-refractivity contribution is 7.89. The first-order chi connectivity index (χ1) is 19.4. The minimum absolute atomic E-state index is 0.0578. The summed E-state index contributed by atoms with van der Waals surface area (Å²) < 4.78 is 51.5. The lowest BCUT2D eigenvalue weighted by Crippen LogP contribution is -2.32. The van der Waals surface area contributed by atoms with Crippen LogP contribution in [0, 0.1) is 0 Å². The maximum Gasteiger partial charge on any atom is 0.241 e. The number of hydrogen-bond donors (Lipinski definition) is 3. The maximum absolute atomic E-state index is 13.1. The molecular weight excluding hydrogens is 532 g/mol. The minimum atomic E-state index is -3.87. The number of aliphatic hydroxyl groups is 1. The van der Waals surface area contributed by atoms with E-state index in [2.05, 4.69) is 10.0 Å². The second-order valence-electron chi connectivity index (χ2n) is 9.01. The van der Waals surface area contributed by atoms with Crippen LogP contribution in [-0.2, 0) is 23.1 Å². The third-order valence-electron chi connectivity index (χ3n) is 5.94. The normalized spacial score (nSPS) is 12.1. The van der Waals surface area contributed by atoms with Crippen LogP contribution in [0.15, 0.2) is 71.6 Å². The molecule has 10 heteroatoms. The van der Waals surface area contributed by atoms with Crippen molar-refractivity contribution in [2.24, 2.45) is 0 Å². The molecular formula is C30H40N2O7S. The minimum Gasteiger partial charge on any atom is -0.490 e. The lowest BCUT2D eigenvalue weighted by atomic mass is 10.1. The number of nitrogens with one attached hydrogen (secondary N) is 2. The van der Waals surface area contributed by atoms with Gasteiger partial charge in [-0.15, -0.1) is 0 Å². The van der Waals surface area contributed by atoms with Crippen LogP contribution in [0.2, 0.25) is 0 Å².